The second-order valence-corrected chi connectivity index (χ2v) is 3.57. The van der Waals surface area contributed by atoms with Crippen molar-refractivity contribution in [3.05, 3.63) is 54.1 Å². The van der Waals surface area contributed by atoms with Crippen molar-refractivity contribution in [2.75, 3.05) is 0 Å². The van der Waals surface area contributed by atoms with Crippen LogP contribution in [0.15, 0.2) is 43.0 Å². The minimum absolute atomic E-state index is 1.06. The lowest BCUT2D eigenvalue weighted by Crippen LogP contribution is -1.84. The zero-order valence-electron chi connectivity index (χ0n) is 9.09. The van der Waals surface area contributed by atoms with Crippen molar-refractivity contribution in [1.82, 2.24) is 0 Å². The van der Waals surface area contributed by atoms with Gasteiger partial charge >= 0.3 is 0 Å². The van der Waals surface area contributed by atoms with Crippen molar-refractivity contribution < 1.29 is 0 Å². The van der Waals surface area contributed by atoms with E-state index in [0.29, 0.717) is 0 Å². The molecule has 0 saturated carbocycles. The third kappa shape index (κ3) is 2.88. The Kier molecular flexibility index (Phi) is 4.18. The zero-order valence-corrected chi connectivity index (χ0v) is 9.09. The first kappa shape index (κ1) is 10.8. The third-order valence-electron chi connectivity index (χ3n) is 2.39. The Balaban J connectivity index is 2.78. The molecule has 1 rings (SSSR count). The van der Waals surface area contributed by atoms with Crippen molar-refractivity contribution >= 4 is 5.57 Å². The molecule has 0 aliphatic heterocycles. The Morgan fingerprint density at radius 1 is 1.29 bits per heavy atom. The van der Waals surface area contributed by atoms with Crippen LogP contribution in [0.25, 0.3) is 5.57 Å². The molecule has 0 fully saturated rings. The molecule has 0 radical (unpaired) electrons. The molecule has 0 amide bonds. The molecule has 0 unspecified atom stereocenters. The van der Waals surface area contributed by atoms with E-state index >= 15 is 0 Å². The van der Waals surface area contributed by atoms with Gasteiger partial charge in [0.25, 0.3) is 0 Å². The second kappa shape index (κ2) is 5.43. The Bertz CT molecular complexity index is 332. The first-order valence-electron chi connectivity index (χ1n) is 5.09. The fraction of sp³-hybridized carbons (Fsp3) is 0.286. The van der Waals surface area contributed by atoms with Crippen molar-refractivity contribution in [3.63, 3.8) is 0 Å². The predicted octanol–water partition coefficient (Wildman–Crippen LogP) is 4.36. The van der Waals surface area contributed by atoms with E-state index in [4.69, 9.17) is 0 Å². The molecule has 0 bridgehead atoms. The van der Waals surface area contributed by atoms with Gasteiger partial charge in [0.05, 0.1) is 0 Å². The number of hydrogen-bond acceptors (Lipinski definition) is 0. The topological polar surface area (TPSA) is 0 Å². The Morgan fingerprint density at radius 2 is 2.00 bits per heavy atom. The van der Waals surface area contributed by atoms with Crippen LogP contribution in [0, 0.1) is 6.92 Å². The van der Waals surface area contributed by atoms with Gasteiger partial charge < -0.3 is 0 Å². The van der Waals surface area contributed by atoms with Crippen molar-refractivity contribution in [2.45, 2.75) is 26.7 Å². The summed E-state index contributed by atoms with van der Waals surface area (Å²) in [5.74, 6) is 0. The number of aryl methyl sites for hydroxylation is 1. The normalized spacial score (nSPS) is 11.4. The van der Waals surface area contributed by atoms with Crippen LogP contribution in [0.4, 0.5) is 0 Å². The maximum atomic E-state index is 3.72. The minimum atomic E-state index is 1.06. The highest BCUT2D eigenvalue weighted by Gasteiger charge is 1.97. The minimum Gasteiger partial charge on any atom is -0.103 e. The molecule has 0 N–H and O–H groups in total. The van der Waals surface area contributed by atoms with Gasteiger partial charge in [0, 0.05) is 0 Å². The molecular weight excluding hydrogens is 168 g/mol. The molecule has 0 saturated heterocycles. The summed E-state index contributed by atoms with van der Waals surface area (Å²) in [5, 5.41) is 0. The van der Waals surface area contributed by atoms with Crippen LogP contribution >= 0.6 is 0 Å². The van der Waals surface area contributed by atoms with Crippen molar-refractivity contribution in [3.8, 4) is 0 Å². The van der Waals surface area contributed by atoms with Gasteiger partial charge in [0.1, 0.15) is 0 Å². The summed E-state index contributed by atoms with van der Waals surface area (Å²) in [6.45, 7) is 8.04. The summed E-state index contributed by atoms with van der Waals surface area (Å²) in [5.41, 5.74) is 4.07. The summed E-state index contributed by atoms with van der Waals surface area (Å²) < 4.78 is 0. The van der Waals surface area contributed by atoms with E-state index < -0.39 is 0 Å². The van der Waals surface area contributed by atoms with E-state index in [-0.39, 0.29) is 0 Å². The second-order valence-electron chi connectivity index (χ2n) is 3.57. The monoisotopic (exact) mass is 186 g/mol. The van der Waals surface area contributed by atoms with Gasteiger partial charge in [-0.1, -0.05) is 36.4 Å². The average molecular weight is 186 g/mol. The van der Waals surface area contributed by atoms with Gasteiger partial charge in [-0.2, -0.15) is 0 Å². The van der Waals surface area contributed by atoms with Crippen molar-refractivity contribution in [2.24, 2.45) is 0 Å². The van der Waals surface area contributed by atoms with Crippen LogP contribution in [0.3, 0.4) is 0 Å². The van der Waals surface area contributed by atoms with Crippen molar-refractivity contribution in [1.29, 1.82) is 0 Å². The molecule has 1 aromatic carbocycles. The smallest absolute Gasteiger partial charge is 0.0201 e. The quantitative estimate of drug-likeness (QED) is 0.484. The van der Waals surface area contributed by atoms with Gasteiger partial charge in [-0.05, 0) is 43.4 Å². The molecule has 74 valence electrons. The van der Waals surface area contributed by atoms with E-state index in [1.165, 1.54) is 16.7 Å². The number of rotatable bonds is 4. The maximum Gasteiger partial charge on any atom is -0.0201 e. The third-order valence-corrected chi connectivity index (χ3v) is 2.39. The Labute approximate surface area is 87.0 Å². The van der Waals surface area contributed by atoms with Crippen LogP contribution in [0.5, 0.6) is 0 Å². The molecule has 0 nitrogen and oxygen atoms in total. The molecule has 0 aliphatic carbocycles. The highest BCUT2D eigenvalue weighted by atomic mass is 14.0. The lowest BCUT2D eigenvalue weighted by Gasteiger charge is -2.05. The summed E-state index contributed by atoms with van der Waals surface area (Å²) >= 11 is 0. The number of benzene rings is 1. The summed E-state index contributed by atoms with van der Waals surface area (Å²) in [7, 11) is 0. The molecule has 1 aromatic rings. The van der Waals surface area contributed by atoms with E-state index in [1.807, 2.05) is 6.08 Å². The Hall–Kier alpha value is -1.30. The maximum absolute atomic E-state index is 3.72. The van der Waals surface area contributed by atoms with E-state index in [0.717, 1.165) is 12.8 Å². The fourth-order valence-corrected chi connectivity index (χ4v) is 1.54. The number of allylic oxidation sites excluding steroid dienone is 3. The zero-order chi connectivity index (χ0) is 10.4. The molecular formula is C14H18. The van der Waals surface area contributed by atoms with Gasteiger partial charge in [0.2, 0.25) is 0 Å². The Morgan fingerprint density at radius 3 is 2.64 bits per heavy atom. The predicted molar refractivity (Wildman–Crippen MR) is 64.3 cm³/mol. The largest absolute Gasteiger partial charge is 0.103 e. The molecule has 0 heteroatoms. The molecule has 0 heterocycles. The van der Waals surface area contributed by atoms with Crippen LogP contribution < -0.4 is 0 Å². The fourth-order valence-electron chi connectivity index (χ4n) is 1.54. The van der Waals surface area contributed by atoms with E-state index in [2.05, 4.69) is 50.8 Å². The van der Waals surface area contributed by atoms with E-state index in [1.54, 1.807) is 0 Å². The standard InChI is InChI=1S/C14H18/c1-4-5-6-9-12(2)14-11-8-7-10-13(14)3/h4,7-11H,1,5-6H2,2-3H3/b12-9-. The van der Waals surface area contributed by atoms with Crippen LogP contribution in [-0.2, 0) is 0 Å². The first-order valence-corrected chi connectivity index (χ1v) is 5.09. The van der Waals surface area contributed by atoms with Gasteiger partial charge in [-0.3, -0.25) is 0 Å². The van der Waals surface area contributed by atoms with Crippen LogP contribution in [0.2, 0.25) is 0 Å². The highest BCUT2D eigenvalue weighted by Crippen LogP contribution is 2.18. The SMILES string of the molecule is C=CCC/C=C(/C)c1ccccc1C. The van der Waals surface area contributed by atoms with Gasteiger partial charge in [0.15, 0.2) is 0 Å². The molecule has 0 atom stereocenters. The molecule has 0 spiro atoms. The molecule has 0 aromatic heterocycles. The van der Waals surface area contributed by atoms with E-state index in [9.17, 15) is 0 Å². The molecule has 14 heavy (non-hydrogen) atoms. The lowest BCUT2D eigenvalue weighted by molar-refractivity contribution is 1.05. The summed E-state index contributed by atoms with van der Waals surface area (Å²) in [6, 6.07) is 8.50. The summed E-state index contributed by atoms with van der Waals surface area (Å²) in [6.07, 6.45) is 6.39. The van der Waals surface area contributed by atoms with Crippen LogP contribution in [0.1, 0.15) is 30.9 Å². The highest BCUT2D eigenvalue weighted by molar-refractivity contribution is 5.66. The number of unbranched alkanes of at least 4 members (excludes halogenated alkanes) is 1. The molecule has 0 aliphatic rings. The van der Waals surface area contributed by atoms with Gasteiger partial charge in [-0.25, -0.2) is 0 Å². The first-order chi connectivity index (χ1) is 6.75. The summed E-state index contributed by atoms with van der Waals surface area (Å²) in [4.78, 5) is 0. The van der Waals surface area contributed by atoms with Gasteiger partial charge in [-0.15, -0.1) is 6.58 Å². The number of hydrogen-bond donors (Lipinski definition) is 0. The lowest BCUT2D eigenvalue weighted by atomic mass is 10.0. The van der Waals surface area contributed by atoms with Crippen LogP contribution in [-0.4, -0.2) is 0 Å². The average Bonchev–Trinajstić information content (AvgIpc) is 2.18.